The Bertz CT molecular complexity index is 382. The van der Waals surface area contributed by atoms with Crippen LogP contribution in [0.1, 0.15) is 64.0 Å². The van der Waals surface area contributed by atoms with Crippen molar-refractivity contribution in [2.75, 3.05) is 18.0 Å². The zero-order valence-electron chi connectivity index (χ0n) is 13.3. The summed E-state index contributed by atoms with van der Waals surface area (Å²) in [5.74, 6) is 2.10. The summed E-state index contributed by atoms with van der Waals surface area (Å²) in [7, 11) is 0. The second-order valence-electron chi connectivity index (χ2n) is 5.11. The SMILES string of the molecule is CCCc1c(CC)nc(C)nc1N(CCC)CCC. The van der Waals surface area contributed by atoms with Crippen LogP contribution in [0.5, 0.6) is 0 Å². The molecule has 0 fully saturated rings. The molecule has 0 aromatic carbocycles. The number of aryl methyl sites for hydroxylation is 2. The summed E-state index contributed by atoms with van der Waals surface area (Å²) < 4.78 is 0. The maximum absolute atomic E-state index is 4.75. The van der Waals surface area contributed by atoms with Gasteiger partial charge in [-0.1, -0.05) is 34.1 Å². The number of nitrogens with zero attached hydrogens (tertiary/aromatic N) is 3. The first-order valence-corrected chi connectivity index (χ1v) is 7.79. The van der Waals surface area contributed by atoms with Gasteiger partial charge in [-0.3, -0.25) is 0 Å². The van der Waals surface area contributed by atoms with E-state index in [2.05, 4.69) is 37.6 Å². The van der Waals surface area contributed by atoms with Crippen LogP contribution in [0.2, 0.25) is 0 Å². The van der Waals surface area contributed by atoms with Crippen molar-refractivity contribution in [3.05, 3.63) is 17.1 Å². The number of rotatable bonds is 8. The van der Waals surface area contributed by atoms with Crippen molar-refractivity contribution < 1.29 is 0 Å². The molecule has 0 radical (unpaired) electrons. The van der Waals surface area contributed by atoms with Gasteiger partial charge in [0.1, 0.15) is 11.6 Å². The maximum atomic E-state index is 4.75. The normalized spacial score (nSPS) is 10.8. The van der Waals surface area contributed by atoms with Gasteiger partial charge in [-0.2, -0.15) is 0 Å². The molecule has 0 unspecified atom stereocenters. The molecule has 3 nitrogen and oxygen atoms in total. The smallest absolute Gasteiger partial charge is 0.135 e. The van der Waals surface area contributed by atoms with Crippen LogP contribution in [0.15, 0.2) is 0 Å². The molecule has 3 heteroatoms. The molecule has 0 spiro atoms. The van der Waals surface area contributed by atoms with Crippen molar-refractivity contribution in [1.29, 1.82) is 0 Å². The molecule has 0 aliphatic heterocycles. The lowest BCUT2D eigenvalue weighted by Crippen LogP contribution is -2.28. The summed E-state index contributed by atoms with van der Waals surface area (Å²) in [6.07, 6.45) is 5.56. The van der Waals surface area contributed by atoms with E-state index in [1.54, 1.807) is 0 Å². The molecule has 1 rings (SSSR count). The van der Waals surface area contributed by atoms with E-state index in [0.29, 0.717) is 0 Å². The van der Waals surface area contributed by atoms with Crippen LogP contribution in [-0.4, -0.2) is 23.1 Å². The maximum Gasteiger partial charge on any atom is 0.135 e. The Balaban J connectivity index is 3.23. The number of hydrogen-bond donors (Lipinski definition) is 0. The predicted molar refractivity (Wildman–Crippen MR) is 82.9 cm³/mol. The Labute approximate surface area is 118 Å². The van der Waals surface area contributed by atoms with E-state index >= 15 is 0 Å². The van der Waals surface area contributed by atoms with Crippen LogP contribution >= 0.6 is 0 Å². The van der Waals surface area contributed by atoms with E-state index in [-0.39, 0.29) is 0 Å². The highest BCUT2D eigenvalue weighted by atomic mass is 15.2. The summed E-state index contributed by atoms with van der Waals surface area (Å²) in [5, 5.41) is 0. The minimum absolute atomic E-state index is 0.906. The van der Waals surface area contributed by atoms with Crippen molar-refractivity contribution in [2.24, 2.45) is 0 Å². The summed E-state index contributed by atoms with van der Waals surface area (Å²) in [4.78, 5) is 11.8. The Morgan fingerprint density at radius 3 is 2.00 bits per heavy atom. The summed E-state index contributed by atoms with van der Waals surface area (Å²) >= 11 is 0. The number of hydrogen-bond acceptors (Lipinski definition) is 3. The molecule has 0 aliphatic rings. The predicted octanol–water partition coefficient (Wildman–Crippen LogP) is 3.93. The Hall–Kier alpha value is -1.12. The van der Waals surface area contributed by atoms with Crippen molar-refractivity contribution >= 4 is 5.82 Å². The molecule has 0 N–H and O–H groups in total. The van der Waals surface area contributed by atoms with E-state index in [1.165, 1.54) is 17.1 Å². The zero-order chi connectivity index (χ0) is 14.3. The first-order valence-electron chi connectivity index (χ1n) is 7.79. The fourth-order valence-corrected chi connectivity index (χ4v) is 2.56. The molecular weight excluding hydrogens is 234 g/mol. The van der Waals surface area contributed by atoms with Crippen LogP contribution < -0.4 is 4.90 Å². The van der Waals surface area contributed by atoms with Crippen LogP contribution in [-0.2, 0) is 12.8 Å². The minimum atomic E-state index is 0.906. The second-order valence-corrected chi connectivity index (χ2v) is 5.11. The molecule has 108 valence electrons. The van der Waals surface area contributed by atoms with Crippen molar-refractivity contribution in [3.63, 3.8) is 0 Å². The van der Waals surface area contributed by atoms with E-state index in [0.717, 1.165) is 51.0 Å². The van der Waals surface area contributed by atoms with E-state index in [1.807, 2.05) is 6.92 Å². The van der Waals surface area contributed by atoms with Gasteiger partial charge in [-0.05, 0) is 32.6 Å². The molecule has 0 saturated carbocycles. The van der Waals surface area contributed by atoms with Crippen molar-refractivity contribution in [3.8, 4) is 0 Å². The third-order valence-corrected chi connectivity index (χ3v) is 3.30. The molecule has 0 amide bonds. The van der Waals surface area contributed by atoms with E-state index in [9.17, 15) is 0 Å². The monoisotopic (exact) mass is 263 g/mol. The molecule has 0 aliphatic carbocycles. The van der Waals surface area contributed by atoms with Gasteiger partial charge in [0, 0.05) is 24.3 Å². The molecule has 0 atom stereocenters. The first-order chi connectivity index (χ1) is 9.17. The summed E-state index contributed by atoms with van der Waals surface area (Å²) in [5.41, 5.74) is 2.61. The van der Waals surface area contributed by atoms with Crippen LogP contribution in [0, 0.1) is 6.92 Å². The largest absolute Gasteiger partial charge is 0.356 e. The first kappa shape index (κ1) is 15.9. The van der Waals surface area contributed by atoms with Gasteiger partial charge in [-0.25, -0.2) is 9.97 Å². The van der Waals surface area contributed by atoms with Gasteiger partial charge in [-0.15, -0.1) is 0 Å². The second kappa shape index (κ2) is 8.13. The highest BCUT2D eigenvalue weighted by Crippen LogP contribution is 2.23. The fourth-order valence-electron chi connectivity index (χ4n) is 2.56. The van der Waals surface area contributed by atoms with Gasteiger partial charge in [0.05, 0.1) is 0 Å². The molecule has 1 heterocycles. The zero-order valence-corrected chi connectivity index (χ0v) is 13.3. The Morgan fingerprint density at radius 1 is 0.895 bits per heavy atom. The molecule has 0 bridgehead atoms. The molecule has 1 aromatic rings. The minimum Gasteiger partial charge on any atom is -0.356 e. The number of anilines is 1. The quantitative estimate of drug-likeness (QED) is 0.711. The standard InChI is InChI=1S/C16H29N3/c1-6-10-14-15(9-4)17-13(5)18-16(14)19(11-7-2)12-8-3/h6-12H2,1-5H3. The van der Waals surface area contributed by atoms with Gasteiger partial charge in [0.15, 0.2) is 0 Å². The number of aromatic nitrogens is 2. The lowest BCUT2D eigenvalue weighted by molar-refractivity contribution is 0.714. The summed E-state index contributed by atoms with van der Waals surface area (Å²) in [6.45, 7) is 13.1. The summed E-state index contributed by atoms with van der Waals surface area (Å²) in [6, 6.07) is 0. The average Bonchev–Trinajstić information content (AvgIpc) is 2.40. The van der Waals surface area contributed by atoms with Gasteiger partial charge in [0.25, 0.3) is 0 Å². The van der Waals surface area contributed by atoms with E-state index in [4.69, 9.17) is 4.98 Å². The highest BCUT2D eigenvalue weighted by Gasteiger charge is 2.16. The topological polar surface area (TPSA) is 29.0 Å². The van der Waals surface area contributed by atoms with Gasteiger partial charge >= 0.3 is 0 Å². The third kappa shape index (κ3) is 4.19. The van der Waals surface area contributed by atoms with Crippen molar-refractivity contribution in [1.82, 2.24) is 9.97 Å². The van der Waals surface area contributed by atoms with Crippen LogP contribution in [0.3, 0.4) is 0 Å². The fraction of sp³-hybridized carbons (Fsp3) is 0.750. The molecule has 0 saturated heterocycles. The highest BCUT2D eigenvalue weighted by molar-refractivity contribution is 5.49. The Kier molecular flexibility index (Phi) is 6.82. The van der Waals surface area contributed by atoms with Crippen LogP contribution in [0.4, 0.5) is 5.82 Å². The third-order valence-electron chi connectivity index (χ3n) is 3.30. The van der Waals surface area contributed by atoms with E-state index < -0.39 is 0 Å². The van der Waals surface area contributed by atoms with Gasteiger partial charge < -0.3 is 4.90 Å². The average molecular weight is 263 g/mol. The molecule has 19 heavy (non-hydrogen) atoms. The van der Waals surface area contributed by atoms with Crippen molar-refractivity contribution in [2.45, 2.75) is 66.7 Å². The van der Waals surface area contributed by atoms with Gasteiger partial charge in [0.2, 0.25) is 0 Å². The lowest BCUT2D eigenvalue weighted by Gasteiger charge is -2.26. The molecular formula is C16H29N3. The lowest BCUT2D eigenvalue weighted by atomic mass is 10.1. The van der Waals surface area contributed by atoms with Crippen LogP contribution in [0.25, 0.3) is 0 Å². The Morgan fingerprint density at radius 2 is 1.53 bits per heavy atom. The molecule has 1 aromatic heterocycles.